The van der Waals surface area contributed by atoms with Crippen molar-refractivity contribution in [1.82, 2.24) is 4.98 Å². The van der Waals surface area contributed by atoms with E-state index in [0.29, 0.717) is 12.1 Å². The molecule has 0 spiro atoms. The van der Waals surface area contributed by atoms with Crippen LogP contribution in [0.4, 0.5) is 5.69 Å². The van der Waals surface area contributed by atoms with Gasteiger partial charge in [-0.15, -0.1) is 0 Å². The lowest BCUT2D eigenvalue weighted by atomic mass is 10.0. The number of fused-ring (bicyclic) bond motifs is 2. The van der Waals surface area contributed by atoms with Crippen LogP contribution in [0.15, 0.2) is 48.7 Å². The normalized spacial score (nSPS) is 13.3. The molecule has 0 aliphatic carbocycles. The Morgan fingerprint density at radius 3 is 2.89 bits per heavy atom. The predicted octanol–water partition coefficient (Wildman–Crippen LogP) is 3.31. The van der Waals surface area contributed by atoms with Gasteiger partial charge in [0.05, 0.1) is 12.7 Å². The molecule has 0 bridgehead atoms. The predicted molar refractivity (Wildman–Crippen MR) is 102 cm³/mol. The number of aryl methyl sites for hydroxylation is 1. The van der Waals surface area contributed by atoms with Crippen molar-refractivity contribution in [2.75, 3.05) is 25.2 Å². The molecule has 138 valence electrons. The summed E-state index contributed by atoms with van der Waals surface area (Å²) in [5.41, 5.74) is 3.21. The Hall–Kier alpha value is -3.28. The van der Waals surface area contributed by atoms with Crippen LogP contribution in [-0.4, -0.2) is 37.1 Å². The third-order valence-corrected chi connectivity index (χ3v) is 4.84. The first-order chi connectivity index (χ1) is 13.2. The number of aromatic amines is 1. The van der Waals surface area contributed by atoms with E-state index < -0.39 is 5.97 Å². The molecule has 0 saturated heterocycles. The van der Waals surface area contributed by atoms with Crippen LogP contribution >= 0.6 is 0 Å². The zero-order valence-corrected chi connectivity index (χ0v) is 15.0. The number of methoxy groups -OCH3 is 1. The number of hydrogen-bond donors (Lipinski definition) is 1. The monoisotopic (exact) mass is 364 g/mol. The molecule has 4 rings (SSSR count). The summed E-state index contributed by atoms with van der Waals surface area (Å²) in [6.07, 6.45) is 3.37. The van der Waals surface area contributed by atoms with Crippen molar-refractivity contribution in [3.8, 4) is 5.75 Å². The van der Waals surface area contributed by atoms with Gasteiger partial charge in [0.1, 0.15) is 5.75 Å². The van der Waals surface area contributed by atoms with Gasteiger partial charge in [-0.25, -0.2) is 4.79 Å². The summed E-state index contributed by atoms with van der Waals surface area (Å²) in [6, 6.07) is 13.1. The number of esters is 1. The van der Waals surface area contributed by atoms with Gasteiger partial charge in [-0.1, -0.05) is 18.2 Å². The van der Waals surface area contributed by atoms with Crippen molar-refractivity contribution in [2.24, 2.45) is 0 Å². The van der Waals surface area contributed by atoms with E-state index in [1.54, 1.807) is 18.2 Å². The zero-order chi connectivity index (χ0) is 18.8. The highest BCUT2D eigenvalue weighted by Gasteiger charge is 2.24. The molecule has 1 aliphatic heterocycles. The van der Waals surface area contributed by atoms with E-state index in [1.165, 1.54) is 0 Å². The number of para-hydroxylation sites is 1. The summed E-state index contributed by atoms with van der Waals surface area (Å²) in [6.45, 7) is 0.326. The number of benzene rings is 2. The fourth-order valence-corrected chi connectivity index (χ4v) is 3.48. The summed E-state index contributed by atoms with van der Waals surface area (Å²) in [5, 5.41) is 0.783. The maximum absolute atomic E-state index is 12.7. The molecular formula is C21H20N2O4. The first-order valence-corrected chi connectivity index (χ1v) is 8.88. The summed E-state index contributed by atoms with van der Waals surface area (Å²) in [4.78, 5) is 29.8. The molecule has 0 saturated carbocycles. The lowest BCUT2D eigenvalue weighted by Crippen LogP contribution is -2.38. The molecule has 0 atom stereocenters. The third kappa shape index (κ3) is 3.26. The Kier molecular flexibility index (Phi) is 4.54. The summed E-state index contributed by atoms with van der Waals surface area (Å²) < 4.78 is 10.6. The Morgan fingerprint density at radius 2 is 2.04 bits per heavy atom. The smallest absolute Gasteiger partial charge is 0.340 e. The molecule has 2 aromatic carbocycles. The van der Waals surface area contributed by atoms with Gasteiger partial charge in [-0.05, 0) is 42.7 Å². The van der Waals surface area contributed by atoms with Gasteiger partial charge in [-0.2, -0.15) is 0 Å². The molecule has 1 N–H and O–H groups in total. The van der Waals surface area contributed by atoms with Gasteiger partial charge in [0.15, 0.2) is 6.61 Å². The molecular weight excluding hydrogens is 344 g/mol. The minimum absolute atomic E-state index is 0.227. The average Bonchev–Trinajstić information content (AvgIpc) is 3.15. The second-order valence-electron chi connectivity index (χ2n) is 6.47. The molecule has 1 amide bonds. The molecule has 1 aromatic heterocycles. The van der Waals surface area contributed by atoms with Crippen molar-refractivity contribution in [2.45, 2.75) is 12.8 Å². The number of hydrogen-bond acceptors (Lipinski definition) is 4. The number of ether oxygens (including phenoxy) is 2. The fraction of sp³-hybridized carbons (Fsp3) is 0.238. The van der Waals surface area contributed by atoms with Crippen LogP contribution in [0, 0.1) is 0 Å². The molecule has 6 nitrogen and oxygen atoms in total. The van der Waals surface area contributed by atoms with Gasteiger partial charge in [0.25, 0.3) is 5.91 Å². The largest absolute Gasteiger partial charge is 0.497 e. The van der Waals surface area contributed by atoms with Crippen LogP contribution < -0.4 is 9.64 Å². The first kappa shape index (κ1) is 17.1. The highest BCUT2D eigenvalue weighted by Crippen LogP contribution is 2.30. The third-order valence-electron chi connectivity index (χ3n) is 4.84. The highest BCUT2D eigenvalue weighted by molar-refractivity contribution is 6.05. The summed E-state index contributed by atoms with van der Waals surface area (Å²) >= 11 is 0. The van der Waals surface area contributed by atoms with Crippen LogP contribution in [0.2, 0.25) is 0 Å². The standard InChI is InChI=1S/C21H20N2O4/c1-26-15-8-9-19-14(11-15)5-4-10-23(19)20(24)13-27-21(25)17-12-22-18-7-3-2-6-16(17)18/h2-3,6-9,11-12,22H,4-5,10,13H2,1H3. The molecule has 0 unspecified atom stereocenters. The molecule has 6 heteroatoms. The minimum atomic E-state index is -0.507. The maximum atomic E-state index is 12.7. The number of carbonyl (C=O) groups is 2. The van der Waals surface area contributed by atoms with Crippen molar-refractivity contribution < 1.29 is 19.1 Å². The second kappa shape index (κ2) is 7.15. The van der Waals surface area contributed by atoms with E-state index in [-0.39, 0.29) is 12.5 Å². The van der Waals surface area contributed by atoms with Gasteiger partial charge < -0.3 is 19.4 Å². The quantitative estimate of drug-likeness (QED) is 0.721. The lowest BCUT2D eigenvalue weighted by Gasteiger charge is -2.29. The van der Waals surface area contributed by atoms with Crippen LogP contribution in [0.25, 0.3) is 10.9 Å². The molecule has 2 heterocycles. The molecule has 0 fully saturated rings. The maximum Gasteiger partial charge on any atom is 0.340 e. The number of amides is 1. The number of nitrogens with zero attached hydrogens (tertiary/aromatic N) is 1. The van der Waals surface area contributed by atoms with Gasteiger partial charge in [-0.3, -0.25) is 4.79 Å². The van der Waals surface area contributed by atoms with Crippen molar-refractivity contribution in [1.29, 1.82) is 0 Å². The Bertz CT molecular complexity index is 1010. The number of H-pyrrole nitrogens is 1. The average molecular weight is 364 g/mol. The van der Waals surface area contributed by atoms with E-state index in [1.807, 2.05) is 42.5 Å². The molecule has 3 aromatic rings. The summed E-state index contributed by atoms with van der Waals surface area (Å²) in [7, 11) is 1.62. The number of aromatic nitrogens is 1. The first-order valence-electron chi connectivity index (χ1n) is 8.88. The highest BCUT2D eigenvalue weighted by atomic mass is 16.5. The van der Waals surface area contributed by atoms with E-state index in [0.717, 1.165) is 40.7 Å². The van der Waals surface area contributed by atoms with Gasteiger partial charge in [0.2, 0.25) is 0 Å². The van der Waals surface area contributed by atoms with E-state index in [9.17, 15) is 9.59 Å². The van der Waals surface area contributed by atoms with Crippen LogP contribution in [0.3, 0.4) is 0 Å². The molecule has 27 heavy (non-hydrogen) atoms. The van der Waals surface area contributed by atoms with Crippen LogP contribution in [-0.2, 0) is 16.0 Å². The van der Waals surface area contributed by atoms with Crippen molar-refractivity contribution in [3.05, 3.63) is 59.8 Å². The SMILES string of the molecule is COc1ccc2c(c1)CCCN2C(=O)COC(=O)c1c[nH]c2ccccc12. The Morgan fingerprint density at radius 1 is 1.19 bits per heavy atom. The zero-order valence-electron chi connectivity index (χ0n) is 15.0. The number of rotatable bonds is 4. The second-order valence-corrected chi connectivity index (χ2v) is 6.47. The number of carbonyl (C=O) groups excluding carboxylic acids is 2. The van der Waals surface area contributed by atoms with Crippen molar-refractivity contribution >= 4 is 28.5 Å². The van der Waals surface area contributed by atoms with Crippen LogP contribution in [0.5, 0.6) is 5.75 Å². The lowest BCUT2D eigenvalue weighted by molar-refractivity contribution is -0.121. The van der Waals surface area contributed by atoms with Crippen molar-refractivity contribution in [3.63, 3.8) is 0 Å². The van der Waals surface area contributed by atoms with Crippen LogP contribution in [0.1, 0.15) is 22.3 Å². The Balaban J connectivity index is 1.47. The molecule has 0 radical (unpaired) electrons. The van der Waals surface area contributed by atoms with E-state index >= 15 is 0 Å². The fourth-order valence-electron chi connectivity index (χ4n) is 3.48. The summed E-state index contributed by atoms with van der Waals surface area (Å²) in [5.74, 6) is 0.0379. The Labute approximate surface area is 156 Å². The van der Waals surface area contributed by atoms with Gasteiger partial charge in [0, 0.05) is 29.3 Å². The molecule has 1 aliphatic rings. The topological polar surface area (TPSA) is 71.6 Å². The van der Waals surface area contributed by atoms with E-state index in [2.05, 4.69) is 4.98 Å². The minimum Gasteiger partial charge on any atom is -0.497 e. The van der Waals surface area contributed by atoms with E-state index in [4.69, 9.17) is 9.47 Å². The number of nitrogens with one attached hydrogen (secondary N) is 1. The van der Waals surface area contributed by atoms with Gasteiger partial charge >= 0.3 is 5.97 Å². The number of anilines is 1.